The average molecular weight is 1200 g/mol. The van der Waals surface area contributed by atoms with Crippen molar-refractivity contribution < 1.29 is 49.3 Å². The van der Waals surface area contributed by atoms with Crippen LogP contribution in [0.5, 0.6) is 0 Å². The molecule has 8 unspecified atom stereocenters. The molecule has 1 aliphatic heterocycles. The third-order valence-electron chi connectivity index (χ3n) is 17.2. The Kier molecular flexibility index (Phi) is 58.7. The van der Waals surface area contributed by atoms with Crippen LogP contribution < -0.4 is 5.32 Å². The summed E-state index contributed by atoms with van der Waals surface area (Å²) in [6.45, 7) is 5.82. The van der Waals surface area contributed by atoms with E-state index in [1.807, 2.05) is 6.08 Å². The second-order valence-electron chi connectivity index (χ2n) is 25.3. The van der Waals surface area contributed by atoms with Crippen LogP contribution in [0.2, 0.25) is 0 Å². The summed E-state index contributed by atoms with van der Waals surface area (Å²) in [5.74, 6) is -1.18. The van der Waals surface area contributed by atoms with Crippen LogP contribution in [0.25, 0.3) is 0 Å². The number of nitrogens with one attached hydrogen (secondary N) is 1. The van der Waals surface area contributed by atoms with E-state index in [-0.39, 0.29) is 13.0 Å². The Morgan fingerprint density at radius 1 is 0.459 bits per heavy atom. The Labute approximate surface area is 523 Å². The van der Waals surface area contributed by atoms with Crippen molar-refractivity contribution >= 4 is 11.9 Å². The van der Waals surface area contributed by atoms with Crippen LogP contribution in [-0.2, 0) is 23.8 Å². The van der Waals surface area contributed by atoms with Crippen molar-refractivity contribution in [2.45, 2.75) is 397 Å². The minimum atomic E-state index is -1.61. The van der Waals surface area contributed by atoms with Crippen molar-refractivity contribution in [1.82, 2.24) is 5.32 Å². The van der Waals surface area contributed by atoms with E-state index in [9.17, 15) is 35.1 Å². The molecule has 1 amide bonds. The van der Waals surface area contributed by atoms with Gasteiger partial charge >= 0.3 is 5.97 Å². The molecule has 11 heteroatoms. The van der Waals surface area contributed by atoms with Crippen LogP contribution >= 0.6 is 0 Å². The molecule has 1 aliphatic rings. The zero-order chi connectivity index (χ0) is 61.7. The lowest BCUT2D eigenvalue weighted by molar-refractivity contribution is -0.305. The van der Waals surface area contributed by atoms with Gasteiger partial charge in [-0.25, -0.2) is 0 Å². The minimum absolute atomic E-state index is 0.129. The molecule has 6 N–H and O–H groups in total. The number of ether oxygens (including phenoxy) is 3. The van der Waals surface area contributed by atoms with E-state index in [0.29, 0.717) is 19.3 Å². The lowest BCUT2D eigenvalue weighted by Crippen LogP contribution is -2.61. The van der Waals surface area contributed by atoms with Crippen LogP contribution in [0.1, 0.15) is 348 Å². The molecule has 0 spiro atoms. The van der Waals surface area contributed by atoms with E-state index in [1.54, 1.807) is 6.08 Å². The number of aliphatic hydroxyl groups excluding tert-OH is 5. The van der Waals surface area contributed by atoms with Crippen molar-refractivity contribution in [2.24, 2.45) is 0 Å². The third-order valence-corrected chi connectivity index (χ3v) is 17.2. The predicted octanol–water partition coefficient (Wildman–Crippen LogP) is 18.7. The van der Waals surface area contributed by atoms with Gasteiger partial charge in [-0.3, -0.25) is 9.59 Å². The highest BCUT2D eigenvalue weighted by atomic mass is 16.7. The maximum absolute atomic E-state index is 13.5. The molecular formula is C74H137NO10. The van der Waals surface area contributed by atoms with E-state index < -0.39 is 67.4 Å². The first-order chi connectivity index (χ1) is 41.7. The average Bonchev–Trinajstić information content (AvgIpc) is 3.22. The molecule has 0 aromatic rings. The molecule has 0 aliphatic carbocycles. The lowest BCUT2D eigenvalue weighted by atomic mass is 9.99. The topological polar surface area (TPSA) is 175 Å². The van der Waals surface area contributed by atoms with Gasteiger partial charge in [0.05, 0.1) is 25.4 Å². The molecule has 0 aromatic carbocycles. The molecule has 498 valence electrons. The normalized spacial score (nSPS) is 18.6. The maximum atomic E-state index is 13.5. The molecule has 85 heavy (non-hydrogen) atoms. The largest absolute Gasteiger partial charge is 0.454 e. The zero-order valence-corrected chi connectivity index (χ0v) is 55.5. The Hall–Kier alpha value is -2.38. The molecule has 0 radical (unpaired) electrons. The van der Waals surface area contributed by atoms with Crippen LogP contribution in [0.4, 0.5) is 0 Å². The summed E-state index contributed by atoms with van der Waals surface area (Å²) < 4.78 is 17.7. The van der Waals surface area contributed by atoms with Gasteiger partial charge < -0.3 is 45.1 Å². The number of hydrogen-bond donors (Lipinski definition) is 6. The van der Waals surface area contributed by atoms with Crippen LogP contribution in [-0.4, -0.2) is 99.6 Å². The highest BCUT2D eigenvalue weighted by molar-refractivity contribution is 5.80. The standard InChI is InChI=1S/C74H137NO10/c1-4-7-10-13-16-19-22-25-27-29-30-31-32-33-34-35-36-37-39-40-43-46-49-52-55-58-61-67(78)73(82)75-65(66(77)60-57-54-51-48-45-42-24-21-18-15-12-9-6-3)64-83-74-72(71(81)70(80)68(63-76)84-74)85-69(79)62-59-56-53-50-47-44-41-38-28-26-23-20-17-14-11-8-5-2/h16,19,25,27,30-31,57,60,65-68,70-72,74,76-78,80-81H,4-15,17-18,20-24,26,28-29,32-56,58-59,61-64H2,1-3H3,(H,75,82)/b19-16-,27-25-,31-30-,60-57+. The molecule has 0 aromatic heterocycles. The van der Waals surface area contributed by atoms with Crippen molar-refractivity contribution in [2.75, 3.05) is 13.2 Å². The first-order valence-electron chi connectivity index (χ1n) is 36.4. The SMILES string of the molecule is CCCCC/C=C\C/C=C\C/C=C\CCCCCCCCCCCCCCCC(O)C(=O)NC(COC1OC(CO)C(O)C(O)C1OC(=O)CCCCCCCCCCCCCCCCCCC)C(O)/C=C/CCCCCCCCCCCCC. The summed E-state index contributed by atoms with van der Waals surface area (Å²) in [5, 5.41) is 57.3. The summed E-state index contributed by atoms with van der Waals surface area (Å²) in [5.41, 5.74) is 0. The van der Waals surface area contributed by atoms with Gasteiger partial charge in [0.2, 0.25) is 5.91 Å². The van der Waals surface area contributed by atoms with Gasteiger partial charge in [0.1, 0.15) is 24.4 Å². The van der Waals surface area contributed by atoms with Gasteiger partial charge in [-0.2, -0.15) is 0 Å². The van der Waals surface area contributed by atoms with Gasteiger partial charge in [-0.1, -0.05) is 326 Å². The fourth-order valence-electron chi connectivity index (χ4n) is 11.5. The number of rotatable bonds is 63. The molecule has 0 bridgehead atoms. The number of unbranched alkanes of at least 4 members (excludes halogenated alkanes) is 43. The third kappa shape index (κ3) is 49.1. The quantitative estimate of drug-likeness (QED) is 0.0195. The van der Waals surface area contributed by atoms with E-state index in [0.717, 1.165) is 70.6 Å². The van der Waals surface area contributed by atoms with Gasteiger partial charge in [0.25, 0.3) is 0 Å². The van der Waals surface area contributed by atoms with E-state index in [1.165, 1.54) is 231 Å². The Bertz CT molecular complexity index is 1570. The molecule has 1 rings (SSSR count). The van der Waals surface area contributed by atoms with Crippen molar-refractivity contribution in [3.05, 3.63) is 48.6 Å². The highest BCUT2D eigenvalue weighted by Crippen LogP contribution is 2.26. The number of carbonyl (C=O) groups is 2. The van der Waals surface area contributed by atoms with E-state index >= 15 is 0 Å². The first kappa shape index (κ1) is 80.6. The van der Waals surface area contributed by atoms with Gasteiger partial charge in [0, 0.05) is 6.42 Å². The number of amides is 1. The first-order valence-corrected chi connectivity index (χ1v) is 36.4. The number of hydrogen-bond acceptors (Lipinski definition) is 10. The fourth-order valence-corrected chi connectivity index (χ4v) is 11.5. The zero-order valence-electron chi connectivity index (χ0n) is 55.5. The van der Waals surface area contributed by atoms with Crippen molar-refractivity contribution in [3.63, 3.8) is 0 Å². The summed E-state index contributed by atoms with van der Waals surface area (Å²) in [7, 11) is 0. The van der Waals surface area contributed by atoms with Crippen LogP contribution in [0.3, 0.4) is 0 Å². The molecule has 1 saturated heterocycles. The summed E-state index contributed by atoms with van der Waals surface area (Å²) in [6.07, 6.45) is 67.2. The number of allylic oxidation sites excluding steroid dienone is 7. The Morgan fingerprint density at radius 3 is 1.24 bits per heavy atom. The second-order valence-corrected chi connectivity index (χ2v) is 25.3. The van der Waals surface area contributed by atoms with Gasteiger partial charge in [-0.05, 0) is 64.2 Å². The number of aliphatic hydroxyl groups is 5. The lowest BCUT2D eigenvalue weighted by Gasteiger charge is -2.41. The minimum Gasteiger partial charge on any atom is -0.454 e. The van der Waals surface area contributed by atoms with Crippen molar-refractivity contribution in [3.8, 4) is 0 Å². The number of esters is 1. The van der Waals surface area contributed by atoms with Crippen molar-refractivity contribution in [1.29, 1.82) is 0 Å². The second kappa shape index (κ2) is 61.8. The highest BCUT2D eigenvalue weighted by Gasteiger charge is 2.47. The molecule has 1 heterocycles. The Morgan fingerprint density at radius 2 is 0.812 bits per heavy atom. The molecule has 11 nitrogen and oxygen atoms in total. The molecule has 1 fully saturated rings. The maximum Gasteiger partial charge on any atom is 0.306 e. The summed E-state index contributed by atoms with van der Waals surface area (Å²) >= 11 is 0. The smallest absolute Gasteiger partial charge is 0.306 e. The monoisotopic (exact) mass is 1200 g/mol. The van der Waals surface area contributed by atoms with Gasteiger partial charge in [0.15, 0.2) is 12.4 Å². The van der Waals surface area contributed by atoms with Crippen LogP contribution in [0, 0.1) is 0 Å². The fraction of sp³-hybridized carbons (Fsp3) is 0.865. The summed E-state index contributed by atoms with van der Waals surface area (Å²) in [6, 6.07) is -1.02. The Balaban J connectivity index is 2.56. The summed E-state index contributed by atoms with van der Waals surface area (Å²) in [4.78, 5) is 26.7. The molecular weight excluding hydrogens is 1060 g/mol. The van der Waals surface area contributed by atoms with Gasteiger partial charge in [-0.15, -0.1) is 0 Å². The number of carbonyl (C=O) groups excluding carboxylic acids is 2. The van der Waals surface area contributed by atoms with E-state index in [4.69, 9.17) is 14.2 Å². The predicted molar refractivity (Wildman–Crippen MR) is 357 cm³/mol. The molecule has 8 atom stereocenters. The van der Waals surface area contributed by atoms with Crippen LogP contribution in [0.15, 0.2) is 48.6 Å². The van der Waals surface area contributed by atoms with E-state index in [2.05, 4.69) is 62.5 Å². The molecule has 0 saturated carbocycles.